The monoisotopic (exact) mass is 200 g/mol. The minimum Gasteiger partial charge on any atom is -0.466 e. The molecule has 0 aromatic carbocycles. The Bertz CT molecular complexity index is 166. The molecular formula is C11H20O3. The molecule has 0 aromatic heterocycles. The van der Waals surface area contributed by atoms with Crippen LogP contribution in [0.3, 0.4) is 0 Å². The largest absolute Gasteiger partial charge is 0.466 e. The van der Waals surface area contributed by atoms with Crippen LogP contribution in [0.25, 0.3) is 0 Å². The maximum absolute atomic E-state index is 10.9. The van der Waals surface area contributed by atoms with E-state index in [0.717, 1.165) is 25.5 Å². The van der Waals surface area contributed by atoms with Gasteiger partial charge in [0, 0.05) is 12.8 Å². The Kier molecular flexibility index (Phi) is 8.19. The van der Waals surface area contributed by atoms with Gasteiger partial charge in [0.25, 0.3) is 0 Å². The maximum Gasteiger partial charge on any atom is 0.305 e. The van der Waals surface area contributed by atoms with Gasteiger partial charge in [0.05, 0.1) is 6.61 Å². The Morgan fingerprint density at radius 3 is 2.71 bits per heavy atom. The van der Waals surface area contributed by atoms with E-state index in [2.05, 4.69) is 6.92 Å². The Balaban J connectivity index is 3.28. The smallest absolute Gasteiger partial charge is 0.305 e. The molecule has 14 heavy (non-hydrogen) atoms. The molecule has 0 N–H and O–H groups in total. The third-order valence-corrected chi connectivity index (χ3v) is 2.13. The Morgan fingerprint density at radius 2 is 2.14 bits per heavy atom. The Hall–Kier alpha value is -0.860. The average molecular weight is 200 g/mol. The van der Waals surface area contributed by atoms with Gasteiger partial charge in [-0.05, 0) is 19.3 Å². The van der Waals surface area contributed by atoms with E-state index in [9.17, 15) is 9.59 Å². The first-order valence-electron chi connectivity index (χ1n) is 5.30. The lowest BCUT2D eigenvalue weighted by molar-refractivity contribution is -0.143. The van der Waals surface area contributed by atoms with E-state index in [1.807, 2.05) is 6.92 Å². The molecule has 0 saturated heterocycles. The Morgan fingerprint density at radius 1 is 1.43 bits per heavy atom. The predicted molar refractivity (Wildman–Crippen MR) is 54.9 cm³/mol. The topological polar surface area (TPSA) is 43.4 Å². The lowest BCUT2D eigenvalue weighted by Gasteiger charge is -2.06. The van der Waals surface area contributed by atoms with Crippen LogP contribution in [-0.2, 0) is 14.3 Å². The molecule has 3 heteroatoms. The van der Waals surface area contributed by atoms with Crippen LogP contribution in [-0.4, -0.2) is 18.9 Å². The average Bonchev–Trinajstić information content (AvgIpc) is 2.13. The van der Waals surface area contributed by atoms with E-state index < -0.39 is 0 Å². The molecule has 0 saturated carbocycles. The molecule has 0 rings (SSSR count). The highest BCUT2D eigenvalue weighted by Gasteiger charge is 2.03. The highest BCUT2D eigenvalue weighted by molar-refractivity contribution is 5.69. The van der Waals surface area contributed by atoms with Crippen molar-refractivity contribution in [3.05, 3.63) is 0 Å². The van der Waals surface area contributed by atoms with Gasteiger partial charge in [0.1, 0.15) is 6.29 Å². The van der Waals surface area contributed by atoms with Crippen LogP contribution in [0, 0.1) is 5.92 Å². The van der Waals surface area contributed by atoms with Crippen molar-refractivity contribution in [3.63, 3.8) is 0 Å². The number of esters is 1. The maximum atomic E-state index is 10.9. The van der Waals surface area contributed by atoms with Crippen LogP contribution in [0.5, 0.6) is 0 Å². The van der Waals surface area contributed by atoms with Crippen molar-refractivity contribution in [1.82, 2.24) is 0 Å². The van der Waals surface area contributed by atoms with E-state index >= 15 is 0 Å². The van der Waals surface area contributed by atoms with E-state index in [-0.39, 0.29) is 5.97 Å². The molecule has 1 atom stereocenters. The second kappa shape index (κ2) is 8.73. The molecule has 0 aromatic rings. The van der Waals surface area contributed by atoms with Crippen LogP contribution in [0.1, 0.15) is 46.0 Å². The zero-order valence-electron chi connectivity index (χ0n) is 9.12. The number of carbonyl (C=O) groups is 2. The van der Waals surface area contributed by atoms with E-state index in [1.54, 1.807) is 0 Å². The third-order valence-electron chi connectivity index (χ3n) is 2.13. The van der Waals surface area contributed by atoms with Crippen molar-refractivity contribution < 1.29 is 14.3 Å². The van der Waals surface area contributed by atoms with Crippen molar-refractivity contribution in [2.24, 2.45) is 5.92 Å². The van der Waals surface area contributed by atoms with Gasteiger partial charge in [-0.2, -0.15) is 0 Å². The summed E-state index contributed by atoms with van der Waals surface area (Å²) < 4.78 is 4.80. The summed E-state index contributed by atoms with van der Waals surface area (Å²) in [6, 6.07) is 0. The van der Waals surface area contributed by atoms with Crippen LogP contribution in [0.2, 0.25) is 0 Å². The number of aldehydes is 1. The molecule has 0 aliphatic carbocycles. The van der Waals surface area contributed by atoms with Crippen LogP contribution < -0.4 is 0 Å². The minimum absolute atomic E-state index is 0.115. The van der Waals surface area contributed by atoms with Gasteiger partial charge in [-0.25, -0.2) is 0 Å². The van der Waals surface area contributed by atoms with E-state index in [0.29, 0.717) is 25.4 Å². The molecule has 0 aliphatic heterocycles. The number of carbonyl (C=O) groups excluding carboxylic acids is 2. The summed E-state index contributed by atoms with van der Waals surface area (Å²) in [5, 5.41) is 0. The van der Waals surface area contributed by atoms with Gasteiger partial charge >= 0.3 is 5.97 Å². The lowest BCUT2D eigenvalue weighted by Crippen LogP contribution is -2.03. The van der Waals surface area contributed by atoms with Crippen molar-refractivity contribution in [2.45, 2.75) is 46.0 Å². The number of rotatable bonds is 8. The molecule has 0 fully saturated rings. The molecule has 0 bridgehead atoms. The van der Waals surface area contributed by atoms with Crippen molar-refractivity contribution in [1.29, 1.82) is 0 Å². The van der Waals surface area contributed by atoms with Gasteiger partial charge in [-0.15, -0.1) is 0 Å². The second-order valence-corrected chi connectivity index (χ2v) is 3.56. The lowest BCUT2D eigenvalue weighted by atomic mass is 10.0. The highest BCUT2D eigenvalue weighted by Crippen LogP contribution is 2.11. The number of hydrogen-bond donors (Lipinski definition) is 0. The second-order valence-electron chi connectivity index (χ2n) is 3.56. The molecular weight excluding hydrogens is 180 g/mol. The quantitative estimate of drug-likeness (QED) is 0.343. The van der Waals surface area contributed by atoms with Crippen LogP contribution in [0.4, 0.5) is 0 Å². The van der Waals surface area contributed by atoms with Crippen molar-refractivity contribution in [3.8, 4) is 0 Å². The summed E-state index contributed by atoms with van der Waals surface area (Å²) >= 11 is 0. The zero-order valence-corrected chi connectivity index (χ0v) is 9.12. The molecule has 0 heterocycles. The number of ether oxygens (including phenoxy) is 1. The molecule has 3 nitrogen and oxygen atoms in total. The summed E-state index contributed by atoms with van der Waals surface area (Å²) in [4.78, 5) is 21.1. The summed E-state index contributed by atoms with van der Waals surface area (Å²) in [5.74, 6) is 0.324. The summed E-state index contributed by atoms with van der Waals surface area (Å²) in [5.41, 5.74) is 0. The molecule has 1 unspecified atom stereocenters. The van der Waals surface area contributed by atoms with Gasteiger partial charge in [-0.3, -0.25) is 4.79 Å². The predicted octanol–water partition coefficient (Wildman–Crippen LogP) is 2.33. The standard InChI is InChI=1S/C11H20O3/c1-3-14-11(13)7-5-4-6-10(2)8-9-12/h9-10H,3-8H2,1-2H3. The Labute approximate surface area is 85.8 Å². The third kappa shape index (κ3) is 7.77. The number of hydrogen-bond acceptors (Lipinski definition) is 3. The highest BCUT2D eigenvalue weighted by atomic mass is 16.5. The zero-order chi connectivity index (χ0) is 10.8. The molecule has 0 amide bonds. The van der Waals surface area contributed by atoms with E-state index in [1.165, 1.54) is 0 Å². The summed E-state index contributed by atoms with van der Waals surface area (Å²) in [7, 11) is 0. The fourth-order valence-corrected chi connectivity index (χ4v) is 1.28. The van der Waals surface area contributed by atoms with Gasteiger partial charge in [0.15, 0.2) is 0 Å². The van der Waals surface area contributed by atoms with Crippen LogP contribution in [0.15, 0.2) is 0 Å². The molecule has 0 spiro atoms. The van der Waals surface area contributed by atoms with Gasteiger partial charge < -0.3 is 9.53 Å². The minimum atomic E-state index is -0.115. The van der Waals surface area contributed by atoms with Crippen molar-refractivity contribution in [2.75, 3.05) is 6.61 Å². The van der Waals surface area contributed by atoms with Gasteiger partial charge in [0.2, 0.25) is 0 Å². The van der Waals surface area contributed by atoms with Crippen molar-refractivity contribution >= 4 is 12.3 Å². The van der Waals surface area contributed by atoms with Gasteiger partial charge in [-0.1, -0.05) is 19.8 Å². The summed E-state index contributed by atoms with van der Waals surface area (Å²) in [6.07, 6.45) is 4.95. The normalized spacial score (nSPS) is 12.1. The summed E-state index contributed by atoms with van der Waals surface area (Å²) in [6.45, 7) is 4.32. The fourth-order valence-electron chi connectivity index (χ4n) is 1.28. The first-order chi connectivity index (χ1) is 6.70. The molecule has 82 valence electrons. The first kappa shape index (κ1) is 13.1. The molecule has 0 radical (unpaired) electrons. The van der Waals surface area contributed by atoms with Crippen LogP contribution >= 0.6 is 0 Å². The SMILES string of the molecule is CCOC(=O)CCCCC(C)CC=O. The fraction of sp³-hybridized carbons (Fsp3) is 0.818. The first-order valence-corrected chi connectivity index (χ1v) is 5.30. The molecule has 0 aliphatic rings. The number of unbranched alkanes of at least 4 members (excludes halogenated alkanes) is 1. The van der Waals surface area contributed by atoms with E-state index in [4.69, 9.17) is 4.74 Å².